The summed E-state index contributed by atoms with van der Waals surface area (Å²) in [7, 11) is 1.43. The highest BCUT2D eigenvalue weighted by molar-refractivity contribution is 5.93. The van der Waals surface area contributed by atoms with Crippen LogP contribution in [-0.2, 0) is 21.9 Å². The molecule has 0 spiro atoms. The summed E-state index contributed by atoms with van der Waals surface area (Å²) in [6.45, 7) is 0.284. The van der Waals surface area contributed by atoms with Gasteiger partial charge in [-0.05, 0) is 18.2 Å². The van der Waals surface area contributed by atoms with Crippen molar-refractivity contribution in [2.75, 3.05) is 32.1 Å². The molecule has 0 unspecified atom stereocenters. The number of anilines is 1. The van der Waals surface area contributed by atoms with Crippen molar-refractivity contribution >= 4 is 11.6 Å². The van der Waals surface area contributed by atoms with E-state index in [0.717, 1.165) is 0 Å². The summed E-state index contributed by atoms with van der Waals surface area (Å²) in [5.41, 5.74) is -3.73. The fourth-order valence-electron chi connectivity index (χ4n) is 1.63. The summed E-state index contributed by atoms with van der Waals surface area (Å²) in [4.78, 5) is 11.5. The molecule has 1 aromatic rings. The van der Waals surface area contributed by atoms with E-state index in [9.17, 15) is 31.1 Å². The van der Waals surface area contributed by atoms with Crippen LogP contribution in [-0.4, -0.2) is 32.7 Å². The molecule has 0 aromatic heterocycles. The minimum atomic E-state index is -5.03. The number of amides is 1. The number of rotatable bonds is 6. The Morgan fingerprint density at radius 3 is 2.30 bits per heavy atom. The summed E-state index contributed by atoms with van der Waals surface area (Å²) in [5.74, 6) is -0.814. The van der Waals surface area contributed by atoms with E-state index in [1.807, 2.05) is 5.32 Å². The Morgan fingerprint density at radius 2 is 1.78 bits per heavy atom. The Labute approximate surface area is 127 Å². The Kier molecular flexibility index (Phi) is 6.39. The topological polar surface area (TPSA) is 50.4 Å². The monoisotopic (exact) mass is 344 g/mol. The van der Waals surface area contributed by atoms with Gasteiger partial charge in [0.25, 0.3) is 0 Å². The molecule has 0 atom stereocenters. The molecule has 0 fully saturated rings. The van der Waals surface area contributed by atoms with Crippen molar-refractivity contribution in [3.63, 3.8) is 0 Å². The highest BCUT2D eigenvalue weighted by Gasteiger charge is 2.38. The molecule has 10 heteroatoms. The third-order valence-corrected chi connectivity index (χ3v) is 2.69. The van der Waals surface area contributed by atoms with Gasteiger partial charge in [-0.25, -0.2) is 0 Å². The number of nitrogens with one attached hydrogen (secondary N) is 2. The molecule has 1 aromatic carbocycles. The largest absolute Gasteiger partial charge is 0.418 e. The predicted octanol–water partition coefficient (Wildman–Crippen LogP) is 2.90. The lowest BCUT2D eigenvalue weighted by atomic mass is 10.1. The number of hydrogen-bond donors (Lipinski definition) is 2. The molecule has 1 rings (SSSR count). The fraction of sp³-hybridized carbons (Fsp3) is 0.462. The summed E-state index contributed by atoms with van der Waals surface area (Å²) in [6.07, 6.45) is -9.95. The van der Waals surface area contributed by atoms with E-state index in [1.165, 1.54) is 7.11 Å². The third-order valence-electron chi connectivity index (χ3n) is 2.69. The van der Waals surface area contributed by atoms with E-state index in [-0.39, 0.29) is 12.6 Å². The number of alkyl halides is 6. The van der Waals surface area contributed by atoms with Crippen molar-refractivity contribution in [1.82, 2.24) is 5.32 Å². The Hall–Kier alpha value is -1.81. The molecule has 0 bridgehead atoms. The lowest BCUT2D eigenvalue weighted by Crippen LogP contribution is -2.31. The van der Waals surface area contributed by atoms with E-state index in [0.29, 0.717) is 25.3 Å². The standard InChI is InChI=1S/C13H14F6N2O2/c1-23-5-4-20-7-11(22)21-10-3-2-8(12(14,15)16)6-9(10)13(17,18)19/h2-3,6,20H,4-5,7H2,1H3,(H,21,22). The molecular formula is C13H14F6N2O2. The van der Waals surface area contributed by atoms with Gasteiger partial charge in [0.2, 0.25) is 5.91 Å². The summed E-state index contributed by atoms with van der Waals surface area (Å²) in [5, 5.41) is 4.54. The van der Waals surface area contributed by atoms with Crippen LogP contribution in [0.3, 0.4) is 0 Å². The highest BCUT2D eigenvalue weighted by atomic mass is 19.4. The second-order valence-corrected chi connectivity index (χ2v) is 4.47. The van der Waals surface area contributed by atoms with Crippen LogP contribution in [0.1, 0.15) is 11.1 Å². The van der Waals surface area contributed by atoms with Crippen LogP contribution in [0.2, 0.25) is 0 Å². The number of benzene rings is 1. The van der Waals surface area contributed by atoms with Crippen LogP contribution in [0.25, 0.3) is 0 Å². The highest BCUT2D eigenvalue weighted by Crippen LogP contribution is 2.39. The molecule has 23 heavy (non-hydrogen) atoms. The average Bonchev–Trinajstić information content (AvgIpc) is 2.41. The predicted molar refractivity (Wildman–Crippen MR) is 69.8 cm³/mol. The molecule has 0 saturated heterocycles. The van der Waals surface area contributed by atoms with Gasteiger partial charge in [-0.1, -0.05) is 0 Å². The number of carbonyl (C=O) groups excluding carboxylic acids is 1. The maximum atomic E-state index is 12.9. The summed E-state index contributed by atoms with van der Waals surface area (Å²) in [6, 6.07) is 1.02. The van der Waals surface area contributed by atoms with E-state index in [4.69, 9.17) is 4.74 Å². The number of halogens is 6. The maximum Gasteiger partial charge on any atom is 0.418 e. The first kappa shape index (κ1) is 19.2. The van der Waals surface area contributed by atoms with Gasteiger partial charge in [-0.15, -0.1) is 0 Å². The zero-order valence-corrected chi connectivity index (χ0v) is 11.9. The number of carbonyl (C=O) groups is 1. The average molecular weight is 344 g/mol. The number of ether oxygens (including phenoxy) is 1. The van der Waals surface area contributed by atoms with E-state index < -0.39 is 35.1 Å². The molecule has 0 aliphatic carbocycles. The molecule has 0 aliphatic heterocycles. The van der Waals surface area contributed by atoms with Crippen LogP contribution < -0.4 is 10.6 Å². The van der Waals surface area contributed by atoms with E-state index in [1.54, 1.807) is 0 Å². The van der Waals surface area contributed by atoms with Crippen LogP contribution in [0.15, 0.2) is 18.2 Å². The van der Waals surface area contributed by atoms with Crippen molar-refractivity contribution in [2.45, 2.75) is 12.4 Å². The van der Waals surface area contributed by atoms with Gasteiger partial charge in [-0.2, -0.15) is 26.3 Å². The van der Waals surface area contributed by atoms with Crippen LogP contribution in [0, 0.1) is 0 Å². The van der Waals surface area contributed by atoms with E-state index in [2.05, 4.69) is 5.32 Å². The van der Waals surface area contributed by atoms with Crippen LogP contribution in [0.4, 0.5) is 32.0 Å². The zero-order valence-electron chi connectivity index (χ0n) is 11.9. The third kappa shape index (κ3) is 6.06. The van der Waals surface area contributed by atoms with Gasteiger partial charge in [0, 0.05) is 13.7 Å². The first-order chi connectivity index (χ1) is 10.6. The molecular weight excluding hydrogens is 330 g/mol. The number of methoxy groups -OCH3 is 1. The molecule has 0 radical (unpaired) electrons. The molecule has 0 saturated carbocycles. The Balaban J connectivity index is 2.91. The first-order valence-electron chi connectivity index (χ1n) is 6.33. The smallest absolute Gasteiger partial charge is 0.383 e. The van der Waals surface area contributed by atoms with Gasteiger partial charge in [-0.3, -0.25) is 4.79 Å². The normalized spacial score (nSPS) is 12.3. The quantitative estimate of drug-likeness (QED) is 0.616. The minimum Gasteiger partial charge on any atom is -0.383 e. The molecule has 1 amide bonds. The zero-order chi connectivity index (χ0) is 17.7. The van der Waals surface area contributed by atoms with Crippen molar-refractivity contribution in [2.24, 2.45) is 0 Å². The van der Waals surface area contributed by atoms with Gasteiger partial charge in [0.05, 0.1) is 30.0 Å². The van der Waals surface area contributed by atoms with Crippen molar-refractivity contribution in [1.29, 1.82) is 0 Å². The maximum absolute atomic E-state index is 12.9. The summed E-state index contributed by atoms with van der Waals surface area (Å²) >= 11 is 0. The first-order valence-corrected chi connectivity index (χ1v) is 6.33. The van der Waals surface area contributed by atoms with Gasteiger partial charge in [0.15, 0.2) is 0 Å². The molecule has 130 valence electrons. The Bertz CT molecular complexity index is 542. The second-order valence-electron chi connectivity index (χ2n) is 4.47. The molecule has 2 N–H and O–H groups in total. The molecule has 4 nitrogen and oxygen atoms in total. The number of hydrogen-bond acceptors (Lipinski definition) is 3. The van der Waals surface area contributed by atoms with Gasteiger partial charge >= 0.3 is 12.4 Å². The van der Waals surface area contributed by atoms with Gasteiger partial charge in [0.1, 0.15) is 0 Å². The molecule has 0 heterocycles. The molecule has 0 aliphatic rings. The van der Waals surface area contributed by atoms with Crippen molar-refractivity contribution in [3.05, 3.63) is 29.3 Å². The minimum absolute atomic E-state index is 0.0338. The van der Waals surface area contributed by atoms with Gasteiger partial charge < -0.3 is 15.4 Å². The SMILES string of the molecule is COCCNCC(=O)Nc1ccc(C(F)(F)F)cc1C(F)(F)F. The fourth-order valence-corrected chi connectivity index (χ4v) is 1.63. The lowest BCUT2D eigenvalue weighted by molar-refractivity contribution is -0.142. The summed E-state index contributed by atoms with van der Waals surface area (Å²) < 4.78 is 80.8. The van der Waals surface area contributed by atoms with Crippen LogP contribution >= 0.6 is 0 Å². The lowest BCUT2D eigenvalue weighted by Gasteiger charge is -2.16. The Morgan fingerprint density at radius 1 is 1.13 bits per heavy atom. The van der Waals surface area contributed by atoms with Crippen LogP contribution in [0.5, 0.6) is 0 Å². The second kappa shape index (κ2) is 7.64. The van der Waals surface area contributed by atoms with Crippen molar-refractivity contribution in [3.8, 4) is 0 Å². The van der Waals surface area contributed by atoms with Crippen molar-refractivity contribution < 1.29 is 35.9 Å². The van der Waals surface area contributed by atoms with E-state index >= 15 is 0 Å².